The topological polar surface area (TPSA) is 49.8 Å². The van der Waals surface area contributed by atoms with Crippen LogP contribution in [0.2, 0.25) is 0 Å². The predicted octanol–water partition coefficient (Wildman–Crippen LogP) is 3.16. The van der Waals surface area contributed by atoms with Gasteiger partial charge < -0.3 is 10.6 Å². The van der Waals surface area contributed by atoms with E-state index in [9.17, 15) is 0 Å². The molecule has 5 heteroatoms. The molecule has 1 aromatic heterocycles. The van der Waals surface area contributed by atoms with Gasteiger partial charge in [0.2, 0.25) is 0 Å². The lowest BCUT2D eigenvalue weighted by Gasteiger charge is -2.15. The van der Waals surface area contributed by atoms with Gasteiger partial charge in [-0.3, -0.25) is 0 Å². The summed E-state index contributed by atoms with van der Waals surface area (Å²) in [6, 6.07) is 2.40. The lowest BCUT2D eigenvalue weighted by atomic mass is 10.3. The highest BCUT2D eigenvalue weighted by atomic mass is 32.2. The molecule has 0 fully saturated rings. The van der Waals surface area contributed by atoms with E-state index in [2.05, 4.69) is 41.4 Å². The Morgan fingerprint density at radius 2 is 2.00 bits per heavy atom. The molecule has 0 radical (unpaired) electrons. The van der Waals surface area contributed by atoms with E-state index < -0.39 is 0 Å². The van der Waals surface area contributed by atoms with Crippen LogP contribution >= 0.6 is 11.8 Å². The summed E-state index contributed by atoms with van der Waals surface area (Å²) >= 11 is 1.94. The normalized spacial score (nSPS) is 12.2. The standard InChI is InChI=1S/C13H24N4S/c1-5-7-14-12-8-13(17-11(4)16-12)15-10(3)9-18-6-2/h8,10H,5-7,9H2,1-4H3,(H2,14,15,16,17). The fraction of sp³-hybridized carbons (Fsp3) is 0.692. The van der Waals surface area contributed by atoms with Gasteiger partial charge in [-0.25, -0.2) is 9.97 Å². The average molecular weight is 268 g/mol. The molecule has 1 heterocycles. The number of hydrogen-bond acceptors (Lipinski definition) is 5. The molecule has 2 N–H and O–H groups in total. The average Bonchev–Trinajstić information content (AvgIpc) is 2.33. The first-order chi connectivity index (χ1) is 8.65. The van der Waals surface area contributed by atoms with E-state index in [0.717, 1.165) is 41.9 Å². The molecule has 0 saturated carbocycles. The van der Waals surface area contributed by atoms with Gasteiger partial charge in [-0.15, -0.1) is 0 Å². The van der Waals surface area contributed by atoms with E-state index in [0.29, 0.717) is 6.04 Å². The zero-order valence-electron chi connectivity index (χ0n) is 11.8. The highest BCUT2D eigenvalue weighted by Gasteiger charge is 2.05. The first-order valence-electron chi connectivity index (χ1n) is 6.59. The smallest absolute Gasteiger partial charge is 0.132 e. The third-order valence-corrected chi connectivity index (χ3v) is 3.50. The van der Waals surface area contributed by atoms with E-state index >= 15 is 0 Å². The van der Waals surface area contributed by atoms with Gasteiger partial charge >= 0.3 is 0 Å². The Hall–Kier alpha value is -0.970. The largest absolute Gasteiger partial charge is 0.370 e. The van der Waals surface area contributed by atoms with Gasteiger partial charge in [0.1, 0.15) is 17.5 Å². The van der Waals surface area contributed by atoms with E-state index in [1.807, 2.05) is 24.8 Å². The second-order valence-corrected chi connectivity index (χ2v) is 5.64. The maximum atomic E-state index is 4.42. The summed E-state index contributed by atoms with van der Waals surface area (Å²) in [5.74, 6) is 4.86. The Morgan fingerprint density at radius 1 is 1.28 bits per heavy atom. The number of nitrogens with one attached hydrogen (secondary N) is 2. The Balaban J connectivity index is 2.61. The van der Waals surface area contributed by atoms with Gasteiger partial charge in [0.15, 0.2) is 0 Å². The van der Waals surface area contributed by atoms with Crippen LogP contribution in [0.4, 0.5) is 11.6 Å². The van der Waals surface area contributed by atoms with E-state index in [1.54, 1.807) is 0 Å². The zero-order valence-corrected chi connectivity index (χ0v) is 12.6. The Kier molecular flexibility index (Phi) is 6.86. The molecule has 0 spiro atoms. The molecule has 0 amide bonds. The van der Waals surface area contributed by atoms with Crippen molar-refractivity contribution in [3.05, 3.63) is 11.9 Å². The zero-order chi connectivity index (χ0) is 13.4. The van der Waals surface area contributed by atoms with Crippen molar-refractivity contribution < 1.29 is 0 Å². The van der Waals surface area contributed by atoms with Crippen LogP contribution in [0.15, 0.2) is 6.07 Å². The molecule has 0 aliphatic rings. The minimum atomic E-state index is 0.420. The summed E-state index contributed by atoms with van der Waals surface area (Å²) in [7, 11) is 0. The molecule has 0 bridgehead atoms. The summed E-state index contributed by atoms with van der Waals surface area (Å²) in [5, 5.41) is 6.72. The third-order valence-electron chi connectivity index (χ3n) is 2.36. The fourth-order valence-electron chi connectivity index (χ4n) is 1.57. The minimum absolute atomic E-state index is 0.420. The summed E-state index contributed by atoms with van der Waals surface area (Å²) in [6.07, 6.45) is 1.09. The summed E-state index contributed by atoms with van der Waals surface area (Å²) < 4.78 is 0. The van der Waals surface area contributed by atoms with Crippen LogP contribution < -0.4 is 10.6 Å². The van der Waals surface area contributed by atoms with Gasteiger partial charge in [0, 0.05) is 24.4 Å². The molecule has 102 valence electrons. The van der Waals surface area contributed by atoms with Crippen LogP contribution in [0.25, 0.3) is 0 Å². The number of hydrogen-bond donors (Lipinski definition) is 2. The van der Waals surface area contributed by atoms with Crippen molar-refractivity contribution in [3.8, 4) is 0 Å². The molecule has 0 saturated heterocycles. The van der Waals surface area contributed by atoms with Crippen molar-refractivity contribution in [1.29, 1.82) is 0 Å². The van der Waals surface area contributed by atoms with Crippen molar-refractivity contribution in [2.75, 3.05) is 28.7 Å². The van der Waals surface area contributed by atoms with Crippen molar-refractivity contribution in [1.82, 2.24) is 9.97 Å². The van der Waals surface area contributed by atoms with E-state index in [-0.39, 0.29) is 0 Å². The Morgan fingerprint density at radius 3 is 2.67 bits per heavy atom. The lowest BCUT2D eigenvalue weighted by molar-refractivity contribution is 0.889. The second kappa shape index (κ2) is 8.19. The lowest BCUT2D eigenvalue weighted by Crippen LogP contribution is -2.19. The Labute approximate surface area is 114 Å². The summed E-state index contributed by atoms with van der Waals surface area (Å²) in [4.78, 5) is 8.79. The van der Waals surface area contributed by atoms with Crippen molar-refractivity contribution in [2.24, 2.45) is 0 Å². The van der Waals surface area contributed by atoms with Crippen LogP contribution in [-0.2, 0) is 0 Å². The number of rotatable bonds is 8. The maximum Gasteiger partial charge on any atom is 0.132 e. The molecule has 0 aliphatic heterocycles. The predicted molar refractivity (Wildman–Crippen MR) is 81.6 cm³/mol. The molecule has 1 atom stereocenters. The van der Waals surface area contributed by atoms with E-state index in [4.69, 9.17) is 0 Å². The molecular weight excluding hydrogens is 244 g/mol. The van der Waals surface area contributed by atoms with Gasteiger partial charge in [-0.1, -0.05) is 13.8 Å². The number of thioether (sulfide) groups is 1. The molecule has 18 heavy (non-hydrogen) atoms. The molecule has 0 aromatic carbocycles. The third kappa shape index (κ3) is 5.58. The van der Waals surface area contributed by atoms with E-state index in [1.165, 1.54) is 0 Å². The van der Waals surface area contributed by atoms with Crippen molar-refractivity contribution in [2.45, 2.75) is 40.2 Å². The minimum Gasteiger partial charge on any atom is -0.370 e. The van der Waals surface area contributed by atoms with Crippen molar-refractivity contribution in [3.63, 3.8) is 0 Å². The number of aromatic nitrogens is 2. The van der Waals surface area contributed by atoms with Gasteiger partial charge in [-0.2, -0.15) is 11.8 Å². The first-order valence-corrected chi connectivity index (χ1v) is 7.75. The highest BCUT2D eigenvalue weighted by Crippen LogP contribution is 2.13. The molecular formula is C13H24N4S. The van der Waals surface area contributed by atoms with Crippen LogP contribution in [0, 0.1) is 6.92 Å². The van der Waals surface area contributed by atoms with Crippen LogP contribution in [0.3, 0.4) is 0 Å². The monoisotopic (exact) mass is 268 g/mol. The fourth-order valence-corrected chi connectivity index (χ4v) is 2.25. The first kappa shape index (κ1) is 15.1. The van der Waals surface area contributed by atoms with Crippen molar-refractivity contribution >= 4 is 23.4 Å². The molecule has 1 unspecified atom stereocenters. The van der Waals surface area contributed by atoms with Crippen LogP contribution in [-0.4, -0.2) is 34.1 Å². The number of nitrogens with zero attached hydrogens (tertiary/aromatic N) is 2. The molecule has 0 aliphatic carbocycles. The van der Waals surface area contributed by atoms with Gasteiger partial charge in [0.05, 0.1) is 0 Å². The quantitative estimate of drug-likeness (QED) is 0.758. The summed E-state index contributed by atoms with van der Waals surface area (Å²) in [5.41, 5.74) is 0. The van der Waals surface area contributed by atoms with Crippen LogP contribution in [0.5, 0.6) is 0 Å². The van der Waals surface area contributed by atoms with Crippen LogP contribution in [0.1, 0.15) is 33.0 Å². The number of aryl methyl sites for hydroxylation is 1. The highest BCUT2D eigenvalue weighted by molar-refractivity contribution is 7.99. The van der Waals surface area contributed by atoms with Gasteiger partial charge in [0.25, 0.3) is 0 Å². The SMILES string of the molecule is CCCNc1cc(NC(C)CSCC)nc(C)n1. The second-order valence-electron chi connectivity index (χ2n) is 4.32. The van der Waals surface area contributed by atoms with Gasteiger partial charge in [-0.05, 0) is 26.0 Å². The molecule has 1 aromatic rings. The number of anilines is 2. The summed E-state index contributed by atoms with van der Waals surface area (Å²) in [6.45, 7) is 9.37. The molecule has 4 nitrogen and oxygen atoms in total. The maximum absolute atomic E-state index is 4.42. The molecule has 1 rings (SSSR count). The Bertz CT molecular complexity index is 357.